The van der Waals surface area contributed by atoms with Gasteiger partial charge in [0.05, 0.1) is 5.69 Å². The Morgan fingerprint density at radius 2 is 1.71 bits per heavy atom. The molecule has 4 heteroatoms. The molecule has 3 nitrogen and oxygen atoms in total. The van der Waals surface area contributed by atoms with Gasteiger partial charge in [0, 0.05) is 5.69 Å². The minimum absolute atomic E-state index is 0.651. The second kappa shape index (κ2) is 4.62. The Morgan fingerprint density at radius 3 is 2.21 bits per heavy atom. The van der Waals surface area contributed by atoms with Crippen LogP contribution in [-0.4, -0.2) is 22.9 Å². The predicted molar refractivity (Wildman–Crippen MR) is 61.0 cm³/mol. The maximum absolute atomic E-state index is 4.22. The van der Waals surface area contributed by atoms with Crippen LogP contribution in [0.15, 0.2) is 0 Å². The number of aromatic nitrogens is 3. The van der Waals surface area contributed by atoms with Crippen LogP contribution in [0.4, 0.5) is 0 Å². The Bertz CT molecular complexity index is 292. The van der Waals surface area contributed by atoms with E-state index in [1.165, 1.54) is 11.4 Å². The Labute approximate surface area is 87.3 Å². The number of nitrogens with zero attached hydrogens (tertiary/aromatic N) is 3. The van der Waals surface area contributed by atoms with Gasteiger partial charge in [-0.05, 0) is 24.7 Å². The van der Waals surface area contributed by atoms with E-state index >= 15 is 0 Å². The van der Waals surface area contributed by atoms with Crippen molar-refractivity contribution in [1.29, 1.82) is 0 Å². The van der Waals surface area contributed by atoms with Gasteiger partial charge in [0.1, 0.15) is 0 Å². The van der Waals surface area contributed by atoms with Gasteiger partial charge < -0.3 is 4.59 Å². The fourth-order valence-corrected chi connectivity index (χ4v) is 1.60. The summed E-state index contributed by atoms with van der Waals surface area (Å²) < 4.78 is 1.91. The van der Waals surface area contributed by atoms with Gasteiger partial charge in [0.2, 0.25) is 0 Å². The molecule has 0 amide bonds. The normalized spacial score (nSPS) is 11.6. The molecule has 78 valence electrons. The van der Waals surface area contributed by atoms with Gasteiger partial charge in [0.15, 0.2) is 0 Å². The van der Waals surface area contributed by atoms with Crippen LogP contribution in [0.2, 0.25) is 0 Å². The van der Waals surface area contributed by atoms with Crippen LogP contribution >= 0.6 is 0 Å². The highest BCUT2D eigenvalue weighted by Gasteiger charge is 2.12. The lowest BCUT2D eigenvalue weighted by Crippen LogP contribution is -2.07. The van der Waals surface area contributed by atoms with Crippen molar-refractivity contribution in [3.8, 4) is 0 Å². The molecule has 0 bridgehead atoms. The molecule has 0 N–H and O–H groups in total. The van der Waals surface area contributed by atoms with Crippen LogP contribution in [0.5, 0.6) is 0 Å². The second-order valence-electron chi connectivity index (χ2n) is 4.80. The molecule has 0 saturated carbocycles. The van der Waals surface area contributed by atoms with Crippen LogP contribution in [0.25, 0.3) is 0 Å². The van der Waals surface area contributed by atoms with Crippen LogP contribution < -0.4 is 0 Å². The minimum atomic E-state index is 0.651. The van der Waals surface area contributed by atoms with Crippen molar-refractivity contribution in [2.24, 2.45) is 11.8 Å². The van der Waals surface area contributed by atoms with E-state index in [-0.39, 0.29) is 0 Å². The molecule has 14 heavy (non-hydrogen) atoms. The summed E-state index contributed by atoms with van der Waals surface area (Å²) in [6.07, 6.45) is 2.11. The largest absolute Gasteiger partial charge is 0.304 e. The minimum Gasteiger partial charge on any atom is -0.304 e. The lowest BCUT2D eigenvalue weighted by Gasteiger charge is -2.08. The average molecular weight is 193 g/mol. The van der Waals surface area contributed by atoms with E-state index in [9.17, 15) is 0 Å². The number of hydrogen-bond acceptors (Lipinski definition) is 2. The molecule has 1 heterocycles. The molecule has 0 aromatic carbocycles. The van der Waals surface area contributed by atoms with E-state index < -0.39 is 0 Å². The molecule has 0 atom stereocenters. The lowest BCUT2D eigenvalue weighted by atomic mass is 10.0. The van der Waals surface area contributed by atoms with Crippen LogP contribution in [-0.2, 0) is 12.8 Å². The quantitative estimate of drug-likeness (QED) is 0.669. The van der Waals surface area contributed by atoms with Crippen LogP contribution in [0.3, 0.4) is 0 Å². The smallest absolute Gasteiger partial charge is 0.251 e. The molecular weight excluding hydrogens is 173 g/mol. The first-order chi connectivity index (χ1) is 6.50. The summed E-state index contributed by atoms with van der Waals surface area (Å²) in [4.78, 5) is 0. The maximum atomic E-state index is 4.22. The molecule has 0 aliphatic heterocycles. The molecule has 1 rings (SSSR count). The van der Waals surface area contributed by atoms with E-state index in [1.807, 2.05) is 12.6 Å². The predicted octanol–water partition coefficient (Wildman–Crippen LogP) is 1.07. The zero-order chi connectivity index (χ0) is 10.7. The summed E-state index contributed by atoms with van der Waals surface area (Å²) in [5, 5.41) is 8.31. The topological polar surface area (TPSA) is 30.7 Å². The van der Waals surface area contributed by atoms with Gasteiger partial charge >= 0.3 is 0 Å². The average Bonchev–Trinajstić information content (AvgIpc) is 2.34. The first-order valence-electron chi connectivity index (χ1n) is 5.38. The second-order valence-corrected chi connectivity index (χ2v) is 4.80. The van der Waals surface area contributed by atoms with E-state index in [0.717, 1.165) is 12.8 Å². The number of rotatable bonds is 4. The highest BCUT2D eigenvalue weighted by Crippen LogP contribution is 2.14. The highest BCUT2D eigenvalue weighted by molar-refractivity contribution is 6.06. The van der Waals surface area contributed by atoms with Crippen molar-refractivity contribution in [3.63, 3.8) is 0 Å². The van der Waals surface area contributed by atoms with Crippen molar-refractivity contribution >= 4 is 7.98 Å². The zero-order valence-corrected chi connectivity index (χ0v) is 9.91. The summed E-state index contributed by atoms with van der Waals surface area (Å²) in [6.45, 7) is 8.89. The van der Waals surface area contributed by atoms with Crippen molar-refractivity contribution in [2.45, 2.75) is 40.5 Å². The molecule has 0 unspecified atom stereocenters. The molecule has 1 aromatic rings. The first kappa shape index (κ1) is 11.3. The molecule has 0 aliphatic carbocycles. The third-order valence-electron chi connectivity index (χ3n) is 2.23. The lowest BCUT2D eigenvalue weighted by molar-refractivity contribution is 0.601. The third kappa shape index (κ3) is 2.86. The van der Waals surface area contributed by atoms with Crippen LogP contribution in [0, 0.1) is 11.8 Å². The molecule has 0 saturated heterocycles. The summed E-state index contributed by atoms with van der Waals surface area (Å²) in [6, 6.07) is 0. The van der Waals surface area contributed by atoms with E-state index in [1.54, 1.807) is 0 Å². The fraction of sp³-hybridized carbons (Fsp3) is 0.800. The van der Waals surface area contributed by atoms with Crippen molar-refractivity contribution in [2.75, 3.05) is 0 Å². The SMILES string of the molecule is Bn1nnc(CC(C)C)c1CC(C)C. The standard InChI is InChI=1S/C10H20BN3/c1-7(2)5-9-10(6-8(3)4)14(11)13-12-9/h7-8H,5-6,11H2,1-4H3. The molecule has 0 fully saturated rings. The Kier molecular flexibility index (Phi) is 3.73. The molecular formula is C10H20BN3. The third-order valence-corrected chi connectivity index (χ3v) is 2.23. The van der Waals surface area contributed by atoms with E-state index in [2.05, 4.69) is 38.0 Å². The van der Waals surface area contributed by atoms with Gasteiger partial charge in [-0.25, -0.2) is 0 Å². The van der Waals surface area contributed by atoms with Crippen molar-refractivity contribution in [3.05, 3.63) is 11.4 Å². The Morgan fingerprint density at radius 1 is 1.14 bits per heavy atom. The molecule has 0 spiro atoms. The molecule has 0 aliphatic rings. The Hall–Kier alpha value is -0.795. The summed E-state index contributed by atoms with van der Waals surface area (Å²) in [7, 11) is 1.98. The van der Waals surface area contributed by atoms with Crippen molar-refractivity contribution < 1.29 is 0 Å². The maximum Gasteiger partial charge on any atom is 0.251 e. The van der Waals surface area contributed by atoms with Gasteiger partial charge in [0.25, 0.3) is 7.98 Å². The monoisotopic (exact) mass is 193 g/mol. The van der Waals surface area contributed by atoms with Crippen molar-refractivity contribution in [1.82, 2.24) is 14.9 Å². The van der Waals surface area contributed by atoms with Gasteiger partial charge in [-0.15, -0.1) is 5.10 Å². The van der Waals surface area contributed by atoms with Gasteiger partial charge in [-0.3, -0.25) is 0 Å². The molecule has 0 radical (unpaired) electrons. The van der Waals surface area contributed by atoms with E-state index in [4.69, 9.17) is 0 Å². The fourth-order valence-electron chi connectivity index (χ4n) is 1.60. The first-order valence-corrected chi connectivity index (χ1v) is 5.38. The van der Waals surface area contributed by atoms with Crippen LogP contribution in [0.1, 0.15) is 39.1 Å². The zero-order valence-electron chi connectivity index (χ0n) is 9.91. The summed E-state index contributed by atoms with van der Waals surface area (Å²) in [5.41, 5.74) is 2.48. The summed E-state index contributed by atoms with van der Waals surface area (Å²) >= 11 is 0. The number of hydrogen-bond donors (Lipinski definition) is 0. The Balaban J connectivity index is 2.82. The highest BCUT2D eigenvalue weighted by atomic mass is 15.4. The van der Waals surface area contributed by atoms with Gasteiger partial charge in [-0.2, -0.15) is 0 Å². The van der Waals surface area contributed by atoms with Gasteiger partial charge in [-0.1, -0.05) is 32.9 Å². The summed E-state index contributed by atoms with van der Waals surface area (Å²) in [5.74, 6) is 1.32. The van der Waals surface area contributed by atoms with E-state index in [0.29, 0.717) is 11.8 Å². The molecule has 1 aromatic heterocycles.